The number of hydrogen-bond acceptors (Lipinski definition) is 4. The number of nitrogens with one attached hydrogen (secondary N) is 1. The molecule has 1 heterocycles. The average molecular weight is 261 g/mol. The number of hydrogen-bond donors (Lipinski definition) is 2. The first-order valence-corrected chi connectivity index (χ1v) is 6.44. The van der Waals surface area contributed by atoms with Crippen molar-refractivity contribution in [1.29, 1.82) is 0 Å². The van der Waals surface area contributed by atoms with Gasteiger partial charge in [-0.3, -0.25) is 14.9 Å². The third-order valence-electron chi connectivity index (χ3n) is 4.27. The van der Waals surface area contributed by atoms with Crippen molar-refractivity contribution in [2.45, 2.75) is 37.5 Å². The molecule has 0 aromatic heterocycles. The normalized spacial score (nSPS) is 20.1. The second-order valence-corrected chi connectivity index (χ2v) is 5.31. The van der Waals surface area contributed by atoms with Gasteiger partial charge >= 0.3 is 0 Å². The highest BCUT2D eigenvalue weighted by molar-refractivity contribution is 6.07. The van der Waals surface area contributed by atoms with Crippen molar-refractivity contribution in [3.05, 3.63) is 27.8 Å². The molecule has 1 fully saturated rings. The number of carbonyl (C=O) groups is 1. The Hall–Kier alpha value is -2.11. The molecule has 3 rings (SSSR count). The highest BCUT2D eigenvalue weighted by Crippen LogP contribution is 2.49. The molecule has 0 saturated heterocycles. The zero-order valence-corrected chi connectivity index (χ0v) is 10.4. The maximum atomic E-state index is 12.3. The molecule has 1 aliphatic heterocycles. The van der Waals surface area contributed by atoms with Gasteiger partial charge in [0.05, 0.1) is 10.3 Å². The monoisotopic (exact) mass is 261 g/mol. The predicted molar refractivity (Wildman–Crippen MR) is 70.9 cm³/mol. The number of fused-ring (bicyclic) bond motifs is 2. The van der Waals surface area contributed by atoms with Crippen LogP contribution in [0.15, 0.2) is 12.1 Å². The molecule has 19 heavy (non-hydrogen) atoms. The minimum Gasteiger partial charge on any atom is -0.393 e. The molecule has 2 aliphatic rings. The lowest BCUT2D eigenvalue weighted by Gasteiger charge is -2.31. The molecule has 1 aromatic carbocycles. The van der Waals surface area contributed by atoms with Gasteiger partial charge in [0.15, 0.2) is 0 Å². The lowest BCUT2D eigenvalue weighted by atomic mass is 9.70. The molecule has 6 nitrogen and oxygen atoms in total. The number of nitrogens with two attached hydrogens (primary N) is 1. The van der Waals surface area contributed by atoms with Gasteiger partial charge in [0.25, 0.3) is 5.69 Å². The Kier molecular flexibility index (Phi) is 2.48. The highest BCUT2D eigenvalue weighted by atomic mass is 16.6. The van der Waals surface area contributed by atoms with Gasteiger partial charge in [0, 0.05) is 11.8 Å². The van der Waals surface area contributed by atoms with Gasteiger partial charge in [-0.25, -0.2) is 0 Å². The van der Waals surface area contributed by atoms with E-state index in [9.17, 15) is 14.9 Å². The summed E-state index contributed by atoms with van der Waals surface area (Å²) in [7, 11) is 0. The van der Waals surface area contributed by atoms with Crippen LogP contribution in [0.5, 0.6) is 0 Å². The highest BCUT2D eigenvalue weighted by Gasteiger charge is 2.48. The van der Waals surface area contributed by atoms with Gasteiger partial charge < -0.3 is 11.1 Å². The summed E-state index contributed by atoms with van der Waals surface area (Å²) < 4.78 is 0. The summed E-state index contributed by atoms with van der Waals surface area (Å²) in [5, 5.41) is 13.8. The van der Waals surface area contributed by atoms with Gasteiger partial charge in [-0.15, -0.1) is 0 Å². The van der Waals surface area contributed by atoms with Gasteiger partial charge in [-0.05, 0) is 24.5 Å². The van der Waals surface area contributed by atoms with Crippen LogP contribution in [-0.2, 0) is 10.2 Å². The topological polar surface area (TPSA) is 98.3 Å². The molecule has 0 radical (unpaired) electrons. The summed E-state index contributed by atoms with van der Waals surface area (Å²) in [6.45, 7) is 0. The summed E-state index contributed by atoms with van der Waals surface area (Å²) in [6, 6.07) is 2.99. The van der Waals surface area contributed by atoms with E-state index in [-0.39, 0.29) is 17.3 Å². The van der Waals surface area contributed by atoms with E-state index in [1.54, 1.807) is 0 Å². The molecule has 100 valence electrons. The summed E-state index contributed by atoms with van der Waals surface area (Å²) in [6.07, 6.45) is 4.58. The van der Waals surface area contributed by atoms with Crippen molar-refractivity contribution >= 4 is 23.0 Å². The molecule has 1 aromatic rings. The van der Waals surface area contributed by atoms with E-state index in [1.165, 1.54) is 12.1 Å². The van der Waals surface area contributed by atoms with E-state index in [2.05, 4.69) is 5.32 Å². The van der Waals surface area contributed by atoms with Crippen LogP contribution in [0.3, 0.4) is 0 Å². The summed E-state index contributed by atoms with van der Waals surface area (Å²) in [5.74, 6) is -0.0397. The van der Waals surface area contributed by atoms with E-state index >= 15 is 0 Å². The molecule has 1 amide bonds. The largest absolute Gasteiger partial charge is 0.393 e. The van der Waals surface area contributed by atoms with Crippen LogP contribution in [0.1, 0.15) is 37.7 Å². The summed E-state index contributed by atoms with van der Waals surface area (Å²) in [5.41, 5.74) is 6.45. The van der Waals surface area contributed by atoms with E-state index in [1.807, 2.05) is 0 Å². The lowest BCUT2D eigenvalue weighted by Crippen LogP contribution is -2.36. The third-order valence-corrected chi connectivity index (χ3v) is 4.27. The van der Waals surface area contributed by atoms with E-state index in [0.717, 1.165) is 37.7 Å². The lowest BCUT2D eigenvalue weighted by molar-refractivity contribution is -0.384. The number of nitrogen functional groups attached to an aromatic ring is 1. The molecule has 0 bridgehead atoms. The fourth-order valence-electron chi connectivity index (χ4n) is 3.28. The van der Waals surface area contributed by atoms with Gasteiger partial charge in [0.1, 0.15) is 5.69 Å². The standard InChI is InChI=1S/C13H15N3O3/c14-9-7-10-8(6-11(9)16(18)19)13(12(17)15-10)4-2-1-3-5-13/h6-7H,1-5,14H2,(H,15,17). The summed E-state index contributed by atoms with van der Waals surface area (Å²) in [4.78, 5) is 22.8. The predicted octanol–water partition coefficient (Wildman–Crippen LogP) is 2.33. The number of nitro benzene ring substituents is 1. The van der Waals surface area contributed by atoms with Crippen LogP contribution in [0, 0.1) is 10.1 Å². The van der Waals surface area contributed by atoms with E-state index in [0.29, 0.717) is 5.69 Å². The van der Waals surface area contributed by atoms with Crippen LogP contribution in [-0.4, -0.2) is 10.8 Å². The Morgan fingerprint density at radius 3 is 2.58 bits per heavy atom. The number of amides is 1. The molecule has 1 saturated carbocycles. The van der Waals surface area contributed by atoms with Crippen LogP contribution in [0.2, 0.25) is 0 Å². The Balaban J connectivity index is 2.16. The number of benzene rings is 1. The number of nitrogens with zero attached hydrogens (tertiary/aromatic N) is 1. The third kappa shape index (κ3) is 1.59. The number of carbonyl (C=O) groups excluding carboxylic acids is 1. The Labute approximate surface area is 110 Å². The average Bonchev–Trinajstić information content (AvgIpc) is 2.62. The van der Waals surface area contributed by atoms with Gasteiger partial charge in [-0.1, -0.05) is 19.3 Å². The number of nitro groups is 1. The maximum Gasteiger partial charge on any atom is 0.292 e. The fraction of sp³-hybridized carbons (Fsp3) is 0.462. The maximum absolute atomic E-state index is 12.3. The van der Waals surface area contributed by atoms with Crippen LogP contribution in [0.4, 0.5) is 17.1 Å². The van der Waals surface area contributed by atoms with Crippen molar-refractivity contribution in [2.24, 2.45) is 0 Å². The number of rotatable bonds is 1. The van der Waals surface area contributed by atoms with Crippen molar-refractivity contribution in [1.82, 2.24) is 0 Å². The Morgan fingerprint density at radius 2 is 1.95 bits per heavy atom. The van der Waals surface area contributed by atoms with Crippen LogP contribution < -0.4 is 11.1 Å². The molecule has 6 heteroatoms. The van der Waals surface area contributed by atoms with Gasteiger partial charge in [-0.2, -0.15) is 0 Å². The van der Waals surface area contributed by atoms with Crippen molar-refractivity contribution in [3.63, 3.8) is 0 Å². The molecular weight excluding hydrogens is 246 g/mol. The van der Waals surface area contributed by atoms with Gasteiger partial charge in [0.2, 0.25) is 5.91 Å². The Morgan fingerprint density at radius 1 is 1.26 bits per heavy atom. The SMILES string of the molecule is Nc1cc2c(cc1[N+](=O)[O-])C1(CCCCC1)C(=O)N2. The first-order chi connectivity index (χ1) is 9.04. The first kappa shape index (κ1) is 12.0. The number of anilines is 2. The molecule has 1 spiro atoms. The van der Waals surface area contributed by atoms with E-state index < -0.39 is 10.3 Å². The summed E-state index contributed by atoms with van der Waals surface area (Å²) >= 11 is 0. The quantitative estimate of drug-likeness (QED) is 0.460. The van der Waals surface area contributed by atoms with Crippen molar-refractivity contribution in [2.75, 3.05) is 11.1 Å². The van der Waals surface area contributed by atoms with Crippen LogP contribution in [0.25, 0.3) is 0 Å². The minimum atomic E-state index is -0.577. The van der Waals surface area contributed by atoms with Crippen molar-refractivity contribution < 1.29 is 9.72 Å². The smallest absolute Gasteiger partial charge is 0.292 e. The molecular formula is C13H15N3O3. The second kappa shape index (κ2) is 3.94. The van der Waals surface area contributed by atoms with E-state index in [4.69, 9.17) is 5.73 Å². The fourth-order valence-corrected chi connectivity index (χ4v) is 3.28. The molecule has 3 N–H and O–H groups in total. The second-order valence-electron chi connectivity index (χ2n) is 5.31. The Bertz CT molecular complexity index is 577. The zero-order chi connectivity index (χ0) is 13.6. The molecule has 1 aliphatic carbocycles. The molecule has 0 atom stereocenters. The molecule has 0 unspecified atom stereocenters. The van der Waals surface area contributed by atoms with Crippen molar-refractivity contribution in [3.8, 4) is 0 Å². The minimum absolute atomic E-state index is 0.0397. The zero-order valence-electron chi connectivity index (χ0n) is 10.4. The first-order valence-electron chi connectivity index (χ1n) is 6.44. The van der Waals surface area contributed by atoms with Crippen LogP contribution >= 0.6 is 0 Å².